The molecule has 14 heavy (non-hydrogen) atoms. The van der Waals surface area contributed by atoms with Crippen LogP contribution in [-0.2, 0) is 9.59 Å². The molecule has 0 saturated heterocycles. The van der Waals surface area contributed by atoms with Gasteiger partial charge in [0.1, 0.15) is 0 Å². The van der Waals surface area contributed by atoms with Crippen LogP contribution in [0.25, 0.3) is 0 Å². The zero-order valence-corrected chi connectivity index (χ0v) is 8.65. The van der Waals surface area contributed by atoms with Gasteiger partial charge in [0.15, 0.2) is 6.04 Å². The highest BCUT2D eigenvalue weighted by atomic mass is 16.4. The number of hydrogen-bond donors (Lipinski definition) is 3. The molecule has 82 valence electrons. The summed E-state index contributed by atoms with van der Waals surface area (Å²) in [6.45, 7) is 5.05. The van der Waals surface area contributed by atoms with Gasteiger partial charge in [-0.05, 0) is 12.8 Å². The summed E-state index contributed by atoms with van der Waals surface area (Å²) in [5.74, 6) is -1.41. The van der Waals surface area contributed by atoms with Crippen molar-refractivity contribution in [3.05, 3.63) is 0 Å². The van der Waals surface area contributed by atoms with Crippen LogP contribution in [0.1, 0.15) is 27.2 Å². The van der Waals surface area contributed by atoms with Crippen molar-refractivity contribution in [1.82, 2.24) is 5.32 Å². The molecule has 2 unspecified atom stereocenters. The van der Waals surface area contributed by atoms with Crippen molar-refractivity contribution in [2.45, 2.75) is 39.3 Å². The molecule has 0 aromatic heterocycles. The second kappa shape index (κ2) is 5.59. The van der Waals surface area contributed by atoms with Gasteiger partial charge in [-0.15, -0.1) is 0 Å². The van der Waals surface area contributed by atoms with E-state index in [0.717, 1.165) is 0 Å². The fourth-order valence-corrected chi connectivity index (χ4v) is 0.992. The van der Waals surface area contributed by atoms with Gasteiger partial charge in [-0.2, -0.15) is 0 Å². The Morgan fingerprint density at radius 1 is 1.29 bits per heavy atom. The minimum absolute atomic E-state index is 0.165. The largest absolute Gasteiger partial charge is 0.480 e. The summed E-state index contributed by atoms with van der Waals surface area (Å²) in [6.07, 6.45) is -0.833. The van der Waals surface area contributed by atoms with E-state index in [2.05, 4.69) is 5.32 Å². The fraction of sp³-hybridized carbons (Fsp3) is 0.778. The molecule has 0 aliphatic carbocycles. The van der Waals surface area contributed by atoms with Crippen LogP contribution in [0.15, 0.2) is 0 Å². The normalized spacial score (nSPS) is 14.9. The Balaban J connectivity index is 4.17. The molecule has 0 heterocycles. The van der Waals surface area contributed by atoms with Crippen LogP contribution in [-0.4, -0.2) is 34.2 Å². The SMILES string of the molecule is CC(C)CC(=O)NC(C(=O)O)C(C)O. The van der Waals surface area contributed by atoms with Crippen molar-refractivity contribution in [3.8, 4) is 0 Å². The number of nitrogens with one attached hydrogen (secondary N) is 1. The van der Waals surface area contributed by atoms with Crippen LogP contribution in [0.5, 0.6) is 0 Å². The highest BCUT2D eigenvalue weighted by Gasteiger charge is 2.24. The van der Waals surface area contributed by atoms with E-state index >= 15 is 0 Å². The van der Waals surface area contributed by atoms with E-state index in [1.165, 1.54) is 6.92 Å². The van der Waals surface area contributed by atoms with E-state index in [-0.39, 0.29) is 18.2 Å². The summed E-state index contributed by atoms with van der Waals surface area (Å²) in [7, 11) is 0. The number of carbonyl (C=O) groups excluding carboxylic acids is 1. The number of rotatable bonds is 5. The van der Waals surface area contributed by atoms with Gasteiger partial charge in [0.05, 0.1) is 6.10 Å². The van der Waals surface area contributed by atoms with E-state index in [1.807, 2.05) is 13.8 Å². The van der Waals surface area contributed by atoms with Crippen molar-refractivity contribution in [2.24, 2.45) is 5.92 Å². The molecule has 0 aliphatic heterocycles. The van der Waals surface area contributed by atoms with Gasteiger partial charge in [0, 0.05) is 6.42 Å². The lowest BCUT2D eigenvalue weighted by Crippen LogP contribution is -2.47. The lowest BCUT2D eigenvalue weighted by molar-refractivity contribution is -0.144. The second-order valence-corrected chi connectivity index (χ2v) is 3.72. The maximum absolute atomic E-state index is 11.2. The van der Waals surface area contributed by atoms with Crippen LogP contribution in [0.4, 0.5) is 0 Å². The second-order valence-electron chi connectivity index (χ2n) is 3.72. The predicted molar refractivity (Wildman–Crippen MR) is 50.7 cm³/mol. The third-order valence-corrected chi connectivity index (χ3v) is 1.66. The molecule has 0 fully saturated rings. The van der Waals surface area contributed by atoms with E-state index in [0.29, 0.717) is 0 Å². The summed E-state index contributed by atoms with van der Waals surface area (Å²) in [4.78, 5) is 21.8. The van der Waals surface area contributed by atoms with Gasteiger partial charge in [0.25, 0.3) is 0 Å². The van der Waals surface area contributed by atoms with Crippen LogP contribution in [0.2, 0.25) is 0 Å². The average molecular weight is 203 g/mol. The summed E-state index contributed by atoms with van der Waals surface area (Å²) in [5.41, 5.74) is 0. The first-order chi connectivity index (χ1) is 6.34. The Morgan fingerprint density at radius 2 is 1.79 bits per heavy atom. The van der Waals surface area contributed by atoms with Gasteiger partial charge in [-0.3, -0.25) is 4.79 Å². The van der Waals surface area contributed by atoms with Crippen molar-refractivity contribution < 1.29 is 19.8 Å². The molecule has 0 bridgehead atoms. The molecule has 0 spiro atoms. The van der Waals surface area contributed by atoms with Gasteiger partial charge >= 0.3 is 5.97 Å². The van der Waals surface area contributed by atoms with Crippen LogP contribution >= 0.6 is 0 Å². The molecule has 5 nitrogen and oxygen atoms in total. The van der Waals surface area contributed by atoms with E-state index in [4.69, 9.17) is 10.2 Å². The Morgan fingerprint density at radius 3 is 2.07 bits per heavy atom. The number of amides is 1. The Labute approximate surface area is 83.1 Å². The van der Waals surface area contributed by atoms with Crippen LogP contribution in [0.3, 0.4) is 0 Å². The summed E-state index contributed by atoms with van der Waals surface area (Å²) < 4.78 is 0. The number of carboxylic acid groups (broad SMARTS) is 1. The van der Waals surface area contributed by atoms with Crippen LogP contribution < -0.4 is 5.32 Å². The van der Waals surface area contributed by atoms with Crippen molar-refractivity contribution in [3.63, 3.8) is 0 Å². The zero-order chi connectivity index (χ0) is 11.3. The smallest absolute Gasteiger partial charge is 0.328 e. The minimum Gasteiger partial charge on any atom is -0.480 e. The first-order valence-electron chi connectivity index (χ1n) is 4.54. The molecular formula is C9H17NO4. The lowest BCUT2D eigenvalue weighted by atomic mass is 10.1. The predicted octanol–water partition coefficient (Wildman–Crippen LogP) is -0.0173. The zero-order valence-electron chi connectivity index (χ0n) is 8.65. The van der Waals surface area contributed by atoms with Gasteiger partial charge in [-0.25, -0.2) is 4.79 Å². The molecule has 2 atom stereocenters. The maximum Gasteiger partial charge on any atom is 0.328 e. The number of hydrogen-bond acceptors (Lipinski definition) is 3. The monoisotopic (exact) mass is 203 g/mol. The fourth-order valence-electron chi connectivity index (χ4n) is 0.992. The molecule has 0 rings (SSSR count). The van der Waals surface area contributed by atoms with E-state index in [9.17, 15) is 9.59 Å². The molecule has 0 radical (unpaired) electrons. The quantitative estimate of drug-likeness (QED) is 0.586. The summed E-state index contributed by atoms with van der Waals surface area (Å²) in [5, 5.41) is 20.0. The first kappa shape index (κ1) is 12.9. The maximum atomic E-state index is 11.2. The standard InChI is InChI=1S/C9H17NO4/c1-5(2)4-7(12)10-8(6(3)11)9(13)14/h5-6,8,11H,4H2,1-3H3,(H,10,12)(H,13,14). The van der Waals surface area contributed by atoms with Crippen LogP contribution in [0, 0.1) is 5.92 Å². The van der Waals surface area contributed by atoms with Gasteiger partial charge in [-0.1, -0.05) is 13.8 Å². The third-order valence-electron chi connectivity index (χ3n) is 1.66. The minimum atomic E-state index is -1.22. The highest BCUT2D eigenvalue weighted by molar-refractivity contribution is 5.83. The van der Waals surface area contributed by atoms with Crippen molar-refractivity contribution >= 4 is 11.9 Å². The number of aliphatic carboxylic acids is 1. The van der Waals surface area contributed by atoms with Crippen molar-refractivity contribution in [1.29, 1.82) is 0 Å². The molecule has 5 heteroatoms. The first-order valence-corrected chi connectivity index (χ1v) is 4.54. The molecule has 0 aliphatic rings. The number of carboxylic acids is 1. The lowest BCUT2D eigenvalue weighted by Gasteiger charge is -2.17. The number of carbonyl (C=O) groups is 2. The van der Waals surface area contributed by atoms with Gasteiger partial charge in [0.2, 0.25) is 5.91 Å². The Hall–Kier alpha value is -1.10. The average Bonchev–Trinajstić information content (AvgIpc) is 1.97. The molecule has 0 aromatic carbocycles. The Kier molecular flexibility index (Phi) is 5.15. The molecule has 1 amide bonds. The van der Waals surface area contributed by atoms with Gasteiger partial charge < -0.3 is 15.5 Å². The summed E-state index contributed by atoms with van der Waals surface area (Å²) in [6, 6.07) is -1.22. The molecule has 3 N–H and O–H groups in total. The molecular weight excluding hydrogens is 186 g/mol. The highest BCUT2D eigenvalue weighted by Crippen LogP contribution is 2.00. The third kappa shape index (κ3) is 4.81. The van der Waals surface area contributed by atoms with Crippen molar-refractivity contribution in [2.75, 3.05) is 0 Å². The van der Waals surface area contributed by atoms with E-state index in [1.54, 1.807) is 0 Å². The molecule has 0 saturated carbocycles. The number of aliphatic hydroxyl groups excluding tert-OH is 1. The van der Waals surface area contributed by atoms with E-state index < -0.39 is 18.1 Å². The Bertz CT molecular complexity index is 213. The number of aliphatic hydroxyl groups is 1. The summed E-state index contributed by atoms with van der Waals surface area (Å²) >= 11 is 0. The topological polar surface area (TPSA) is 86.6 Å². The molecule has 0 aromatic rings.